The van der Waals surface area contributed by atoms with Gasteiger partial charge in [0.05, 0.1) is 11.0 Å². The Morgan fingerprint density at radius 2 is 1.17 bits per heavy atom. The minimum atomic E-state index is -0.0662. The summed E-state index contributed by atoms with van der Waals surface area (Å²) < 4.78 is 2.63. The number of anilines is 2. The van der Waals surface area contributed by atoms with Gasteiger partial charge in [-0.3, -0.25) is 0 Å². The van der Waals surface area contributed by atoms with Crippen LogP contribution in [-0.2, 0) is 21.7 Å². The lowest BCUT2D eigenvalue weighted by Gasteiger charge is -2.43. The second-order valence-corrected chi connectivity index (χ2v) is 19.9. The van der Waals surface area contributed by atoms with Gasteiger partial charge in [0, 0.05) is 38.8 Å². The van der Waals surface area contributed by atoms with Crippen molar-refractivity contribution in [3.05, 3.63) is 137 Å². The van der Waals surface area contributed by atoms with Gasteiger partial charge in [0.2, 0.25) is 0 Å². The molecule has 0 amide bonds. The maximum atomic E-state index is 2.67. The van der Waals surface area contributed by atoms with Gasteiger partial charge in [-0.15, -0.1) is 0 Å². The third kappa shape index (κ3) is 4.42. The van der Waals surface area contributed by atoms with E-state index in [0.717, 1.165) is 0 Å². The van der Waals surface area contributed by atoms with E-state index < -0.39 is 0 Å². The molecule has 7 aromatic rings. The largest absolute Gasteiger partial charge is 0.376 e. The highest BCUT2D eigenvalue weighted by Gasteiger charge is 2.46. The Morgan fingerprint density at radius 3 is 1.85 bits per heavy atom. The topological polar surface area (TPSA) is 8.17 Å². The van der Waals surface area contributed by atoms with Crippen molar-refractivity contribution in [2.75, 3.05) is 4.81 Å². The molecule has 54 heavy (non-hydrogen) atoms. The Labute approximate surface area is 322 Å². The van der Waals surface area contributed by atoms with Gasteiger partial charge in [0.25, 0.3) is 0 Å². The molecule has 3 heteroatoms. The van der Waals surface area contributed by atoms with Crippen LogP contribution >= 0.6 is 0 Å². The number of aromatic nitrogens is 1. The van der Waals surface area contributed by atoms with Gasteiger partial charge >= 0.3 is 6.85 Å². The van der Waals surface area contributed by atoms with Gasteiger partial charge in [-0.25, -0.2) is 0 Å². The highest BCUT2D eigenvalue weighted by molar-refractivity contribution is 6.93. The SMILES string of the molecule is CC(C)(C)c1ccc(N2B3c4cc(C(C)(C)C)ccc4-n4c5ccc6c(c5c5ccc(c3c54)-c3cc(C(C)(C)C)ccc32)-c2ccccc2C6(C)C)cc1. The molecule has 0 unspecified atom stereocenters. The predicted molar refractivity (Wildman–Crippen MR) is 233 cm³/mol. The van der Waals surface area contributed by atoms with E-state index in [4.69, 9.17) is 0 Å². The summed E-state index contributed by atoms with van der Waals surface area (Å²) in [5.74, 6) is 0. The fourth-order valence-electron chi connectivity index (χ4n) is 10.0. The summed E-state index contributed by atoms with van der Waals surface area (Å²) in [7, 11) is 0. The minimum Gasteiger partial charge on any atom is -0.376 e. The molecule has 0 N–H and O–H groups in total. The summed E-state index contributed by atoms with van der Waals surface area (Å²) in [6.07, 6.45) is 0. The van der Waals surface area contributed by atoms with E-state index in [0.29, 0.717) is 0 Å². The van der Waals surface area contributed by atoms with Crippen LogP contribution in [-0.4, -0.2) is 11.4 Å². The zero-order valence-corrected chi connectivity index (χ0v) is 33.9. The molecule has 3 aliphatic rings. The Balaban J connectivity index is 1.38. The molecule has 2 nitrogen and oxygen atoms in total. The molecule has 0 saturated heterocycles. The number of hydrogen-bond donors (Lipinski definition) is 0. The minimum absolute atomic E-state index is 0.00283. The van der Waals surface area contributed by atoms with E-state index in [9.17, 15) is 0 Å². The number of nitrogens with zero attached hydrogens (tertiary/aromatic N) is 2. The molecule has 0 atom stereocenters. The molecule has 0 saturated carbocycles. The lowest BCUT2D eigenvalue weighted by molar-refractivity contribution is 0.590. The molecule has 2 aliphatic heterocycles. The van der Waals surface area contributed by atoms with Gasteiger partial charge in [0.1, 0.15) is 0 Å². The van der Waals surface area contributed by atoms with Crippen LogP contribution in [0.5, 0.6) is 0 Å². The monoisotopic (exact) mass is 702 g/mol. The van der Waals surface area contributed by atoms with Crippen LogP contribution in [0.2, 0.25) is 0 Å². The lowest BCUT2D eigenvalue weighted by atomic mass is 9.43. The van der Waals surface area contributed by atoms with Crippen molar-refractivity contribution in [2.45, 2.75) is 97.8 Å². The van der Waals surface area contributed by atoms with E-state index in [1.165, 1.54) is 99.9 Å². The first-order chi connectivity index (χ1) is 25.5. The highest BCUT2D eigenvalue weighted by atomic mass is 15.1. The summed E-state index contributed by atoms with van der Waals surface area (Å²) in [6.45, 7) is 25.7. The molecule has 1 aromatic heterocycles. The van der Waals surface area contributed by atoms with Gasteiger partial charge in [0.15, 0.2) is 0 Å². The molecular formula is C51H51BN2. The molecule has 0 bridgehead atoms. The normalized spacial score (nSPS) is 15.4. The summed E-state index contributed by atoms with van der Waals surface area (Å²) in [5, 5.41) is 2.73. The predicted octanol–water partition coefficient (Wildman–Crippen LogP) is 12.2. The number of rotatable bonds is 1. The third-order valence-electron chi connectivity index (χ3n) is 13.1. The van der Waals surface area contributed by atoms with E-state index in [1.807, 2.05) is 0 Å². The number of hydrogen-bond acceptors (Lipinski definition) is 1. The molecule has 1 aliphatic carbocycles. The first-order valence-corrected chi connectivity index (χ1v) is 19.9. The molecule has 268 valence electrons. The molecular weight excluding hydrogens is 651 g/mol. The summed E-state index contributed by atoms with van der Waals surface area (Å²) in [6, 6.07) is 42.9. The van der Waals surface area contributed by atoms with E-state index in [2.05, 4.69) is 195 Å². The quantitative estimate of drug-likeness (QED) is 0.155. The maximum absolute atomic E-state index is 2.67. The van der Waals surface area contributed by atoms with Crippen molar-refractivity contribution in [1.29, 1.82) is 0 Å². The summed E-state index contributed by atoms with van der Waals surface area (Å²) in [5.41, 5.74) is 21.6. The summed E-state index contributed by atoms with van der Waals surface area (Å²) in [4.78, 5) is 2.67. The highest BCUT2D eigenvalue weighted by Crippen LogP contribution is 2.54. The Morgan fingerprint density at radius 1 is 0.537 bits per heavy atom. The zero-order chi connectivity index (χ0) is 37.9. The van der Waals surface area contributed by atoms with Crippen LogP contribution in [0.1, 0.15) is 104 Å². The maximum Gasteiger partial charge on any atom is 0.333 e. The van der Waals surface area contributed by atoms with Gasteiger partial charge in [-0.1, -0.05) is 149 Å². The van der Waals surface area contributed by atoms with Crippen LogP contribution in [0.3, 0.4) is 0 Å². The van der Waals surface area contributed by atoms with Crippen molar-refractivity contribution in [3.63, 3.8) is 0 Å². The number of benzene rings is 6. The standard InChI is InChI=1S/C51H51BN2/c1-48(2,3)30-16-20-33(21-17-30)54-41-25-18-31(49(4,5)6)28-37(41)34-22-23-36-45-43(27-24-39-44(45)35-14-12-13-15-38(35)51(39,10)11)53-42-26-19-32(50(7,8)9)29-40(42)52(54)46(34)47(36)53/h12-29H,1-11H3. The first kappa shape index (κ1) is 33.5. The molecule has 6 aromatic carbocycles. The van der Waals surface area contributed by atoms with Gasteiger partial charge in [-0.05, 0) is 108 Å². The van der Waals surface area contributed by atoms with Gasteiger partial charge in [-0.2, -0.15) is 0 Å². The van der Waals surface area contributed by atoms with Crippen molar-refractivity contribution in [3.8, 4) is 27.9 Å². The van der Waals surface area contributed by atoms with E-state index in [1.54, 1.807) is 0 Å². The Hall–Kier alpha value is -5.02. The van der Waals surface area contributed by atoms with Gasteiger partial charge < -0.3 is 9.38 Å². The van der Waals surface area contributed by atoms with Crippen molar-refractivity contribution in [1.82, 2.24) is 4.57 Å². The molecule has 10 rings (SSSR count). The van der Waals surface area contributed by atoms with E-state index in [-0.39, 0.29) is 28.5 Å². The third-order valence-corrected chi connectivity index (χ3v) is 13.1. The summed E-state index contributed by atoms with van der Waals surface area (Å²) >= 11 is 0. The first-order valence-electron chi connectivity index (χ1n) is 19.9. The molecule has 0 spiro atoms. The second kappa shape index (κ2) is 10.6. The van der Waals surface area contributed by atoms with E-state index >= 15 is 0 Å². The van der Waals surface area contributed by atoms with Crippen LogP contribution in [0.15, 0.2) is 109 Å². The van der Waals surface area contributed by atoms with Crippen LogP contribution in [0.4, 0.5) is 11.4 Å². The second-order valence-electron chi connectivity index (χ2n) is 19.9. The smallest absolute Gasteiger partial charge is 0.333 e. The fraction of sp³-hybridized carbons (Fsp3) is 0.294. The number of fused-ring (bicyclic) bond motifs is 12. The van der Waals surface area contributed by atoms with Crippen molar-refractivity contribution < 1.29 is 0 Å². The molecule has 0 fully saturated rings. The van der Waals surface area contributed by atoms with Crippen LogP contribution in [0, 0.1) is 0 Å². The molecule has 3 heterocycles. The average Bonchev–Trinajstić information content (AvgIpc) is 3.58. The lowest BCUT2D eigenvalue weighted by Crippen LogP contribution is -2.60. The van der Waals surface area contributed by atoms with Crippen LogP contribution in [0.25, 0.3) is 49.7 Å². The fourth-order valence-corrected chi connectivity index (χ4v) is 10.0. The Kier molecular flexibility index (Phi) is 6.58. The zero-order valence-electron chi connectivity index (χ0n) is 33.9. The van der Waals surface area contributed by atoms with Crippen molar-refractivity contribution >= 4 is 51.0 Å². The average molecular weight is 703 g/mol. The molecule has 0 radical (unpaired) electrons. The Bertz CT molecular complexity index is 2740. The van der Waals surface area contributed by atoms with Crippen molar-refractivity contribution in [2.24, 2.45) is 0 Å². The van der Waals surface area contributed by atoms with Crippen LogP contribution < -0.4 is 15.7 Å².